The van der Waals surface area contributed by atoms with E-state index < -0.39 is 0 Å². The Hall–Kier alpha value is -2.09. The summed E-state index contributed by atoms with van der Waals surface area (Å²) in [7, 11) is 0. The van der Waals surface area contributed by atoms with Crippen LogP contribution in [0, 0.1) is 0 Å². The highest BCUT2D eigenvalue weighted by atomic mass is 16.5. The van der Waals surface area contributed by atoms with Crippen molar-refractivity contribution in [2.24, 2.45) is 4.99 Å². The van der Waals surface area contributed by atoms with Gasteiger partial charge in [-0.1, -0.05) is 48.5 Å². The highest BCUT2D eigenvalue weighted by molar-refractivity contribution is 5.94. The third kappa shape index (κ3) is 3.45. The molecule has 18 heavy (non-hydrogen) atoms. The Morgan fingerprint density at radius 2 is 1.56 bits per heavy atom. The van der Waals surface area contributed by atoms with Crippen molar-refractivity contribution in [3.63, 3.8) is 0 Å². The number of hydrogen-bond acceptors (Lipinski definition) is 2. The maximum Gasteiger partial charge on any atom is 0.216 e. The van der Waals surface area contributed by atoms with Crippen molar-refractivity contribution >= 4 is 5.90 Å². The molecule has 0 saturated heterocycles. The van der Waals surface area contributed by atoms with Crippen LogP contribution < -0.4 is 0 Å². The summed E-state index contributed by atoms with van der Waals surface area (Å²) in [5, 5.41) is 0. The number of aliphatic imine (C=N–C) groups is 1. The number of rotatable bonds is 4. The third-order valence-corrected chi connectivity index (χ3v) is 2.55. The molecule has 2 nitrogen and oxygen atoms in total. The topological polar surface area (TPSA) is 21.6 Å². The summed E-state index contributed by atoms with van der Waals surface area (Å²) >= 11 is 0. The average molecular weight is 239 g/mol. The Morgan fingerprint density at radius 1 is 0.944 bits per heavy atom. The Bertz CT molecular complexity index is 491. The number of ether oxygens (including phenoxy) is 1. The van der Waals surface area contributed by atoms with Crippen molar-refractivity contribution < 1.29 is 4.74 Å². The van der Waals surface area contributed by atoms with Crippen molar-refractivity contribution in [3.05, 3.63) is 71.8 Å². The molecule has 0 aliphatic heterocycles. The van der Waals surface area contributed by atoms with E-state index in [1.165, 1.54) is 5.56 Å². The van der Waals surface area contributed by atoms with Crippen LogP contribution in [0.15, 0.2) is 65.7 Å². The van der Waals surface area contributed by atoms with Crippen LogP contribution in [0.5, 0.6) is 0 Å². The molecule has 0 bridgehead atoms. The molecule has 0 aliphatic carbocycles. The average Bonchev–Trinajstić information content (AvgIpc) is 2.45. The van der Waals surface area contributed by atoms with Crippen LogP contribution in [-0.2, 0) is 11.3 Å². The molecule has 2 aromatic carbocycles. The summed E-state index contributed by atoms with van der Waals surface area (Å²) in [5.74, 6) is 0.710. The van der Waals surface area contributed by atoms with Gasteiger partial charge in [0.25, 0.3) is 0 Å². The van der Waals surface area contributed by atoms with Crippen LogP contribution in [0.3, 0.4) is 0 Å². The van der Waals surface area contributed by atoms with E-state index in [4.69, 9.17) is 4.74 Å². The maximum absolute atomic E-state index is 5.60. The molecule has 2 rings (SSSR count). The standard InChI is InChI=1S/C16H17NO/c1-2-18-16(15-11-7-4-8-12-15)17-13-14-9-5-3-6-10-14/h3-12H,2,13H2,1H3. The van der Waals surface area contributed by atoms with Crippen LogP contribution in [-0.4, -0.2) is 12.5 Å². The van der Waals surface area contributed by atoms with Crippen LogP contribution in [0.2, 0.25) is 0 Å². The summed E-state index contributed by atoms with van der Waals surface area (Å²) in [6.07, 6.45) is 0. The summed E-state index contributed by atoms with van der Waals surface area (Å²) in [6, 6.07) is 20.2. The van der Waals surface area contributed by atoms with E-state index in [9.17, 15) is 0 Å². The van der Waals surface area contributed by atoms with Gasteiger partial charge in [-0.3, -0.25) is 0 Å². The van der Waals surface area contributed by atoms with Crippen molar-refractivity contribution in [3.8, 4) is 0 Å². The second-order valence-electron chi connectivity index (χ2n) is 3.91. The first kappa shape index (κ1) is 12.4. The van der Waals surface area contributed by atoms with Crippen molar-refractivity contribution in [2.45, 2.75) is 13.5 Å². The van der Waals surface area contributed by atoms with Gasteiger partial charge in [0.2, 0.25) is 5.90 Å². The van der Waals surface area contributed by atoms with E-state index in [0.29, 0.717) is 19.0 Å². The van der Waals surface area contributed by atoms with Crippen LogP contribution in [0.1, 0.15) is 18.1 Å². The monoisotopic (exact) mass is 239 g/mol. The lowest BCUT2D eigenvalue weighted by Crippen LogP contribution is -2.07. The second-order valence-corrected chi connectivity index (χ2v) is 3.91. The van der Waals surface area contributed by atoms with Crippen molar-refractivity contribution in [1.29, 1.82) is 0 Å². The fraction of sp³-hybridized carbons (Fsp3) is 0.188. The minimum atomic E-state index is 0.627. The first-order valence-electron chi connectivity index (χ1n) is 6.16. The first-order valence-corrected chi connectivity index (χ1v) is 6.16. The minimum Gasteiger partial charge on any atom is -0.478 e. The van der Waals surface area contributed by atoms with E-state index >= 15 is 0 Å². The molecule has 0 N–H and O–H groups in total. The van der Waals surface area contributed by atoms with Gasteiger partial charge in [-0.25, -0.2) is 4.99 Å². The van der Waals surface area contributed by atoms with Gasteiger partial charge in [0.1, 0.15) is 0 Å². The number of nitrogens with zero attached hydrogens (tertiary/aromatic N) is 1. The Kier molecular flexibility index (Phi) is 4.53. The lowest BCUT2D eigenvalue weighted by Gasteiger charge is -2.07. The minimum absolute atomic E-state index is 0.627. The fourth-order valence-corrected chi connectivity index (χ4v) is 1.68. The molecule has 0 atom stereocenters. The molecule has 0 amide bonds. The zero-order valence-electron chi connectivity index (χ0n) is 10.5. The van der Waals surface area contributed by atoms with Gasteiger partial charge >= 0.3 is 0 Å². The van der Waals surface area contributed by atoms with Gasteiger partial charge in [0.15, 0.2) is 0 Å². The first-order chi connectivity index (χ1) is 8.90. The van der Waals surface area contributed by atoms with Gasteiger partial charge in [-0.2, -0.15) is 0 Å². The van der Waals surface area contributed by atoms with Crippen molar-refractivity contribution in [2.75, 3.05) is 6.61 Å². The summed E-state index contributed by atoms with van der Waals surface area (Å²) in [6.45, 7) is 3.24. The summed E-state index contributed by atoms with van der Waals surface area (Å²) in [4.78, 5) is 4.55. The van der Waals surface area contributed by atoms with Gasteiger partial charge in [-0.05, 0) is 24.6 Å². The van der Waals surface area contributed by atoms with Crippen molar-refractivity contribution in [1.82, 2.24) is 0 Å². The third-order valence-electron chi connectivity index (χ3n) is 2.55. The molecule has 0 heterocycles. The predicted octanol–water partition coefficient (Wildman–Crippen LogP) is 3.67. The van der Waals surface area contributed by atoms with E-state index in [1.807, 2.05) is 55.5 Å². The lowest BCUT2D eigenvalue weighted by molar-refractivity contribution is 0.327. The van der Waals surface area contributed by atoms with Gasteiger partial charge in [-0.15, -0.1) is 0 Å². The van der Waals surface area contributed by atoms with Crippen LogP contribution in [0.4, 0.5) is 0 Å². The summed E-state index contributed by atoms with van der Waals surface area (Å²) in [5.41, 5.74) is 2.21. The molecular weight excluding hydrogens is 222 g/mol. The van der Waals surface area contributed by atoms with E-state index in [-0.39, 0.29) is 0 Å². The predicted molar refractivity (Wildman–Crippen MR) is 74.8 cm³/mol. The molecule has 0 spiro atoms. The Morgan fingerprint density at radius 3 is 2.17 bits per heavy atom. The zero-order valence-corrected chi connectivity index (χ0v) is 10.5. The smallest absolute Gasteiger partial charge is 0.216 e. The number of benzene rings is 2. The molecule has 0 fully saturated rings. The molecule has 0 aromatic heterocycles. The van der Waals surface area contributed by atoms with Gasteiger partial charge < -0.3 is 4.74 Å². The van der Waals surface area contributed by atoms with Gasteiger partial charge in [0.05, 0.1) is 13.2 Å². The normalized spacial score (nSPS) is 11.3. The largest absolute Gasteiger partial charge is 0.478 e. The highest BCUT2D eigenvalue weighted by Gasteiger charge is 2.02. The summed E-state index contributed by atoms with van der Waals surface area (Å²) < 4.78 is 5.60. The second kappa shape index (κ2) is 6.60. The Balaban J connectivity index is 2.15. The quantitative estimate of drug-likeness (QED) is 0.589. The van der Waals surface area contributed by atoms with E-state index in [0.717, 1.165) is 5.56 Å². The lowest BCUT2D eigenvalue weighted by atomic mass is 10.2. The fourth-order valence-electron chi connectivity index (χ4n) is 1.68. The zero-order chi connectivity index (χ0) is 12.6. The van der Waals surface area contributed by atoms with E-state index in [2.05, 4.69) is 17.1 Å². The van der Waals surface area contributed by atoms with Crippen LogP contribution in [0.25, 0.3) is 0 Å². The molecule has 0 saturated carbocycles. The van der Waals surface area contributed by atoms with Gasteiger partial charge in [0, 0.05) is 5.56 Å². The molecule has 2 aromatic rings. The number of hydrogen-bond donors (Lipinski definition) is 0. The SMILES string of the molecule is CCOC(=NCc1ccccc1)c1ccccc1. The molecule has 92 valence electrons. The van der Waals surface area contributed by atoms with E-state index in [1.54, 1.807) is 0 Å². The maximum atomic E-state index is 5.60. The molecule has 0 unspecified atom stereocenters. The molecule has 2 heteroatoms. The molecule has 0 radical (unpaired) electrons. The molecule has 0 aliphatic rings. The van der Waals surface area contributed by atoms with Crippen LogP contribution >= 0.6 is 0 Å². The Labute approximate surface area is 108 Å². The highest BCUT2D eigenvalue weighted by Crippen LogP contribution is 2.06. The molecular formula is C16H17NO.